The molecule has 0 spiro atoms. The Labute approximate surface area is 111 Å². The van der Waals surface area contributed by atoms with Crippen LogP contribution in [0.5, 0.6) is 0 Å². The zero-order valence-electron chi connectivity index (χ0n) is 11.6. The second-order valence-corrected chi connectivity index (χ2v) is 6.48. The number of hydrogen-bond donors (Lipinski definition) is 0. The van der Waals surface area contributed by atoms with Crippen LogP contribution in [0.2, 0.25) is 5.02 Å². The van der Waals surface area contributed by atoms with Crippen LogP contribution in [-0.4, -0.2) is 0 Å². The molecule has 0 amide bonds. The van der Waals surface area contributed by atoms with Gasteiger partial charge in [0.2, 0.25) is 0 Å². The Kier molecular flexibility index (Phi) is 5.52. The van der Waals surface area contributed by atoms with E-state index in [1.165, 1.54) is 24.8 Å². The topological polar surface area (TPSA) is 0 Å². The molecule has 0 aliphatic rings. The van der Waals surface area contributed by atoms with Crippen molar-refractivity contribution in [3.8, 4) is 0 Å². The minimum atomic E-state index is 0.373. The van der Waals surface area contributed by atoms with E-state index in [9.17, 15) is 0 Å². The Bertz CT molecular complexity index is 336. The maximum absolute atomic E-state index is 6.05. The molecular weight excluding hydrogens is 228 g/mol. The average Bonchev–Trinajstić information content (AvgIpc) is 2.22. The summed E-state index contributed by atoms with van der Waals surface area (Å²) in [5.41, 5.74) is 1.74. The van der Waals surface area contributed by atoms with E-state index in [1.807, 2.05) is 6.07 Å². The molecule has 0 N–H and O–H groups in total. The lowest BCUT2D eigenvalue weighted by Crippen LogP contribution is -2.22. The molecule has 0 fully saturated rings. The molecule has 1 aromatic carbocycles. The van der Waals surface area contributed by atoms with Crippen LogP contribution in [0.3, 0.4) is 0 Å². The average molecular weight is 253 g/mol. The summed E-state index contributed by atoms with van der Waals surface area (Å²) in [5.74, 6) is 0.737. The van der Waals surface area contributed by atoms with Gasteiger partial charge in [-0.3, -0.25) is 0 Å². The van der Waals surface area contributed by atoms with Gasteiger partial charge in [-0.15, -0.1) is 0 Å². The summed E-state index contributed by atoms with van der Waals surface area (Å²) in [6, 6.07) is 8.29. The molecule has 0 heterocycles. The van der Waals surface area contributed by atoms with Crippen LogP contribution in [0.4, 0.5) is 0 Å². The summed E-state index contributed by atoms with van der Waals surface area (Å²) in [6.45, 7) is 9.30. The lowest BCUT2D eigenvalue weighted by molar-refractivity contribution is 0.219. The first-order chi connectivity index (χ1) is 7.93. The maximum Gasteiger partial charge on any atom is 0.0408 e. The van der Waals surface area contributed by atoms with Crippen molar-refractivity contribution in [2.75, 3.05) is 0 Å². The summed E-state index contributed by atoms with van der Waals surface area (Å²) in [6.07, 6.45) is 5.06. The number of rotatable bonds is 5. The van der Waals surface area contributed by atoms with Gasteiger partial charge in [0.25, 0.3) is 0 Å². The molecule has 0 aliphatic heterocycles. The van der Waals surface area contributed by atoms with Gasteiger partial charge in [-0.2, -0.15) is 0 Å². The fraction of sp³-hybridized carbons (Fsp3) is 0.625. The van der Waals surface area contributed by atoms with Crippen LogP contribution in [-0.2, 0) is 6.42 Å². The van der Waals surface area contributed by atoms with Crippen molar-refractivity contribution in [1.29, 1.82) is 0 Å². The van der Waals surface area contributed by atoms with Gasteiger partial charge < -0.3 is 0 Å². The molecule has 0 unspecified atom stereocenters. The molecule has 0 saturated carbocycles. The zero-order chi connectivity index (χ0) is 12.9. The van der Waals surface area contributed by atoms with E-state index in [-0.39, 0.29) is 0 Å². The monoisotopic (exact) mass is 252 g/mol. The summed E-state index contributed by atoms with van der Waals surface area (Å²) in [7, 11) is 0. The predicted octanol–water partition coefficient (Wildman–Crippen LogP) is 5.74. The van der Waals surface area contributed by atoms with Crippen molar-refractivity contribution in [3.05, 3.63) is 34.9 Å². The predicted molar refractivity (Wildman–Crippen MR) is 77.6 cm³/mol. The Balaban J connectivity index is 2.72. The van der Waals surface area contributed by atoms with E-state index in [0.29, 0.717) is 5.41 Å². The fourth-order valence-corrected chi connectivity index (χ4v) is 2.45. The second kappa shape index (κ2) is 6.44. The molecule has 96 valence electrons. The molecule has 1 aromatic rings. The maximum atomic E-state index is 6.05. The van der Waals surface area contributed by atoms with Crippen molar-refractivity contribution < 1.29 is 0 Å². The van der Waals surface area contributed by atoms with Gasteiger partial charge in [0, 0.05) is 5.02 Å². The number of benzene rings is 1. The normalized spacial score (nSPS) is 13.7. The van der Waals surface area contributed by atoms with Crippen LogP contribution in [0.1, 0.15) is 52.5 Å². The third-order valence-corrected chi connectivity index (χ3v) is 3.74. The van der Waals surface area contributed by atoms with Gasteiger partial charge in [-0.25, -0.2) is 0 Å². The lowest BCUT2D eigenvalue weighted by atomic mass is 9.74. The Morgan fingerprint density at radius 1 is 1.24 bits per heavy atom. The van der Waals surface area contributed by atoms with Gasteiger partial charge in [-0.1, -0.05) is 64.3 Å². The molecule has 1 heteroatoms. The highest BCUT2D eigenvalue weighted by atomic mass is 35.5. The molecule has 17 heavy (non-hydrogen) atoms. The van der Waals surface area contributed by atoms with Gasteiger partial charge in [0.1, 0.15) is 0 Å². The smallest absolute Gasteiger partial charge is 0.0408 e. The van der Waals surface area contributed by atoms with E-state index in [1.54, 1.807) is 0 Å². The number of unbranched alkanes of at least 4 members (excludes halogenated alkanes) is 1. The van der Waals surface area contributed by atoms with Crippen LogP contribution in [0.15, 0.2) is 24.3 Å². The van der Waals surface area contributed by atoms with E-state index < -0.39 is 0 Å². The van der Waals surface area contributed by atoms with Crippen LogP contribution in [0, 0.1) is 11.3 Å². The molecule has 1 atom stereocenters. The molecule has 0 radical (unpaired) electrons. The standard InChI is InChI=1S/C16H25Cl/c1-5-6-9-14(16(2,3)4)11-13-8-7-10-15(17)12-13/h7-8,10,12,14H,5-6,9,11H2,1-4H3/t14-/m0/s1. The lowest BCUT2D eigenvalue weighted by Gasteiger charge is -2.31. The SMILES string of the molecule is CCCC[C@@H](Cc1cccc(Cl)c1)C(C)(C)C. The van der Waals surface area contributed by atoms with E-state index >= 15 is 0 Å². The Hall–Kier alpha value is -0.490. The Morgan fingerprint density at radius 3 is 2.47 bits per heavy atom. The third-order valence-electron chi connectivity index (χ3n) is 3.50. The minimum Gasteiger partial charge on any atom is -0.0843 e. The highest BCUT2D eigenvalue weighted by Crippen LogP contribution is 2.33. The number of halogens is 1. The molecule has 1 rings (SSSR count). The van der Waals surface area contributed by atoms with Crippen LogP contribution < -0.4 is 0 Å². The summed E-state index contributed by atoms with van der Waals surface area (Å²) < 4.78 is 0. The van der Waals surface area contributed by atoms with E-state index in [2.05, 4.69) is 45.9 Å². The largest absolute Gasteiger partial charge is 0.0843 e. The van der Waals surface area contributed by atoms with Gasteiger partial charge in [0.05, 0.1) is 0 Å². The highest BCUT2D eigenvalue weighted by molar-refractivity contribution is 6.30. The first kappa shape index (κ1) is 14.6. The first-order valence-electron chi connectivity index (χ1n) is 6.68. The molecule has 0 bridgehead atoms. The van der Waals surface area contributed by atoms with Gasteiger partial charge >= 0.3 is 0 Å². The van der Waals surface area contributed by atoms with Crippen molar-refractivity contribution >= 4 is 11.6 Å². The van der Waals surface area contributed by atoms with Crippen molar-refractivity contribution in [2.45, 2.75) is 53.4 Å². The second-order valence-electron chi connectivity index (χ2n) is 6.04. The van der Waals surface area contributed by atoms with Crippen molar-refractivity contribution in [1.82, 2.24) is 0 Å². The van der Waals surface area contributed by atoms with Crippen molar-refractivity contribution in [3.63, 3.8) is 0 Å². The van der Waals surface area contributed by atoms with Gasteiger partial charge in [0.15, 0.2) is 0 Å². The van der Waals surface area contributed by atoms with E-state index in [4.69, 9.17) is 11.6 Å². The summed E-state index contributed by atoms with van der Waals surface area (Å²) in [5, 5.41) is 0.852. The minimum absolute atomic E-state index is 0.373. The molecule has 0 saturated heterocycles. The molecule has 0 aliphatic carbocycles. The van der Waals surface area contributed by atoms with Crippen molar-refractivity contribution in [2.24, 2.45) is 11.3 Å². The highest BCUT2D eigenvalue weighted by Gasteiger charge is 2.24. The summed E-state index contributed by atoms with van der Waals surface area (Å²) >= 11 is 6.05. The van der Waals surface area contributed by atoms with Crippen LogP contribution in [0.25, 0.3) is 0 Å². The summed E-state index contributed by atoms with van der Waals surface area (Å²) in [4.78, 5) is 0. The van der Waals surface area contributed by atoms with Crippen LogP contribution >= 0.6 is 11.6 Å². The number of hydrogen-bond acceptors (Lipinski definition) is 0. The zero-order valence-corrected chi connectivity index (χ0v) is 12.3. The first-order valence-corrected chi connectivity index (χ1v) is 7.05. The van der Waals surface area contributed by atoms with Gasteiger partial charge in [-0.05, 0) is 41.9 Å². The molecule has 0 aromatic heterocycles. The molecule has 0 nitrogen and oxygen atoms in total. The van der Waals surface area contributed by atoms with E-state index in [0.717, 1.165) is 17.4 Å². The third kappa shape index (κ3) is 5.12. The quantitative estimate of drug-likeness (QED) is 0.627. The molecular formula is C16H25Cl. The fourth-order valence-electron chi connectivity index (χ4n) is 2.24. The Morgan fingerprint density at radius 2 is 1.94 bits per heavy atom.